The number of benzene rings is 3. The molecule has 1 fully saturated rings. The van der Waals surface area contributed by atoms with Gasteiger partial charge >= 0.3 is 0 Å². The Morgan fingerprint density at radius 1 is 0.893 bits per heavy atom. The van der Waals surface area contributed by atoms with E-state index in [9.17, 15) is 9.59 Å². The lowest BCUT2D eigenvalue weighted by atomic mass is 10.1. The molecule has 0 aliphatic carbocycles. The number of anilines is 2. The molecule has 0 spiro atoms. The van der Waals surface area contributed by atoms with E-state index in [1.165, 1.54) is 0 Å². The first kappa shape index (κ1) is 18.0. The van der Waals surface area contributed by atoms with Crippen LogP contribution in [0.15, 0.2) is 66.7 Å². The minimum atomic E-state index is -0.132. The molecule has 1 saturated heterocycles. The number of nitrogens with one attached hydrogen (secondary N) is 2. The van der Waals surface area contributed by atoms with Gasteiger partial charge < -0.3 is 15.5 Å². The van der Waals surface area contributed by atoms with Crippen molar-refractivity contribution in [2.75, 3.05) is 30.3 Å². The summed E-state index contributed by atoms with van der Waals surface area (Å²) in [6, 6.07) is 21.1. The van der Waals surface area contributed by atoms with E-state index in [1.54, 1.807) is 0 Å². The molecule has 1 heterocycles. The first-order chi connectivity index (χ1) is 13.7. The van der Waals surface area contributed by atoms with Crippen LogP contribution < -0.4 is 10.6 Å². The molecule has 2 amide bonds. The smallest absolute Gasteiger partial charge is 0.253 e. The predicted molar refractivity (Wildman–Crippen MR) is 113 cm³/mol. The second kappa shape index (κ2) is 8.13. The Morgan fingerprint density at radius 2 is 1.64 bits per heavy atom. The van der Waals surface area contributed by atoms with Gasteiger partial charge in [-0.2, -0.15) is 0 Å². The van der Waals surface area contributed by atoms with Gasteiger partial charge in [0.25, 0.3) is 5.91 Å². The van der Waals surface area contributed by atoms with E-state index >= 15 is 0 Å². The highest BCUT2D eigenvalue weighted by molar-refractivity contribution is 6.03. The number of hydrogen-bond acceptors (Lipinski definition) is 3. The van der Waals surface area contributed by atoms with Crippen molar-refractivity contribution >= 4 is 34.0 Å². The lowest BCUT2D eigenvalue weighted by Crippen LogP contribution is -2.27. The van der Waals surface area contributed by atoms with E-state index in [0.717, 1.165) is 48.1 Å². The van der Waals surface area contributed by atoms with E-state index in [0.29, 0.717) is 5.56 Å². The van der Waals surface area contributed by atoms with Crippen LogP contribution in [0, 0.1) is 0 Å². The molecular weight excluding hydrogens is 350 g/mol. The van der Waals surface area contributed by atoms with Crippen molar-refractivity contribution in [3.05, 3.63) is 72.3 Å². The van der Waals surface area contributed by atoms with Crippen LogP contribution in [0.25, 0.3) is 10.8 Å². The highest BCUT2D eigenvalue weighted by atomic mass is 16.2. The normalized spacial score (nSPS) is 13.5. The third-order valence-electron chi connectivity index (χ3n) is 5.02. The van der Waals surface area contributed by atoms with Crippen LogP contribution in [-0.2, 0) is 4.79 Å². The summed E-state index contributed by atoms with van der Waals surface area (Å²) < 4.78 is 0. The lowest BCUT2D eigenvalue weighted by molar-refractivity contribution is -0.114. The summed E-state index contributed by atoms with van der Waals surface area (Å²) >= 11 is 0. The van der Waals surface area contributed by atoms with Crippen molar-refractivity contribution in [2.45, 2.75) is 12.8 Å². The van der Waals surface area contributed by atoms with Gasteiger partial charge in [0.15, 0.2) is 0 Å². The monoisotopic (exact) mass is 373 g/mol. The zero-order chi connectivity index (χ0) is 19.3. The van der Waals surface area contributed by atoms with Crippen molar-refractivity contribution in [1.82, 2.24) is 4.90 Å². The topological polar surface area (TPSA) is 61.4 Å². The Morgan fingerprint density at radius 3 is 2.50 bits per heavy atom. The molecule has 28 heavy (non-hydrogen) atoms. The standard InChI is InChI=1S/C23H23N3O2/c27-22(25-21-12-6-8-17-7-1-2-11-20(17)21)16-24-19-10-5-9-18(15-19)23(28)26-13-3-4-14-26/h1-2,5-12,15,24H,3-4,13-14,16H2,(H,25,27). The van der Waals surface area contributed by atoms with Gasteiger partial charge in [0.1, 0.15) is 0 Å². The molecule has 1 aliphatic rings. The molecule has 0 saturated carbocycles. The SMILES string of the molecule is O=C(CNc1cccc(C(=O)N2CCCC2)c1)Nc1cccc2ccccc12. The van der Waals surface area contributed by atoms with Crippen LogP contribution in [0.3, 0.4) is 0 Å². The molecule has 3 aromatic carbocycles. The van der Waals surface area contributed by atoms with Gasteiger partial charge in [-0.25, -0.2) is 0 Å². The third-order valence-corrected chi connectivity index (χ3v) is 5.02. The van der Waals surface area contributed by atoms with Crippen LogP contribution in [0.4, 0.5) is 11.4 Å². The quantitative estimate of drug-likeness (QED) is 0.707. The maximum Gasteiger partial charge on any atom is 0.253 e. The molecule has 0 bridgehead atoms. The van der Waals surface area contributed by atoms with E-state index in [1.807, 2.05) is 71.6 Å². The lowest BCUT2D eigenvalue weighted by Gasteiger charge is -2.16. The molecule has 142 valence electrons. The number of amides is 2. The fraction of sp³-hybridized carbons (Fsp3) is 0.217. The Balaban J connectivity index is 1.39. The van der Waals surface area contributed by atoms with E-state index in [4.69, 9.17) is 0 Å². The van der Waals surface area contributed by atoms with E-state index < -0.39 is 0 Å². The Kier molecular flexibility index (Phi) is 5.24. The van der Waals surface area contributed by atoms with Crippen LogP contribution in [0.5, 0.6) is 0 Å². The van der Waals surface area contributed by atoms with Crippen LogP contribution in [0.1, 0.15) is 23.2 Å². The average molecular weight is 373 g/mol. The predicted octanol–water partition coefficient (Wildman–Crippen LogP) is 4.13. The molecule has 4 rings (SSSR count). The zero-order valence-electron chi connectivity index (χ0n) is 15.7. The summed E-state index contributed by atoms with van der Waals surface area (Å²) in [7, 11) is 0. The zero-order valence-corrected chi connectivity index (χ0v) is 15.7. The average Bonchev–Trinajstić information content (AvgIpc) is 3.27. The maximum atomic E-state index is 12.5. The summed E-state index contributed by atoms with van der Waals surface area (Å²) in [4.78, 5) is 26.8. The van der Waals surface area contributed by atoms with Crippen molar-refractivity contribution in [1.29, 1.82) is 0 Å². The number of carbonyl (C=O) groups excluding carboxylic acids is 2. The van der Waals surface area contributed by atoms with Crippen molar-refractivity contribution in [3.8, 4) is 0 Å². The molecule has 3 aromatic rings. The summed E-state index contributed by atoms with van der Waals surface area (Å²) in [6.07, 6.45) is 2.13. The first-order valence-corrected chi connectivity index (χ1v) is 9.61. The Labute approximate surface area is 164 Å². The van der Waals surface area contributed by atoms with E-state index in [2.05, 4.69) is 10.6 Å². The molecule has 5 nitrogen and oxygen atoms in total. The van der Waals surface area contributed by atoms with Crippen LogP contribution in [-0.4, -0.2) is 36.3 Å². The fourth-order valence-electron chi connectivity index (χ4n) is 3.58. The molecular formula is C23H23N3O2. The third kappa shape index (κ3) is 3.98. The molecule has 5 heteroatoms. The highest BCUT2D eigenvalue weighted by Gasteiger charge is 2.19. The van der Waals surface area contributed by atoms with Gasteiger partial charge in [-0.05, 0) is 42.5 Å². The minimum Gasteiger partial charge on any atom is -0.376 e. The number of hydrogen-bond donors (Lipinski definition) is 2. The van der Waals surface area contributed by atoms with Gasteiger partial charge in [0, 0.05) is 35.4 Å². The summed E-state index contributed by atoms with van der Waals surface area (Å²) in [5, 5.41) is 8.17. The number of nitrogens with zero attached hydrogens (tertiary/aromatic N) is 1. The van der Waals surface area contributed by atoms with Gasteiger partial charge in [0.2, 0.25) is 5.91 Å². The Hall–Kier alpha value is -3.34. The second-order valence-corrected chi connectivity index (χ2v) is 7.01. The van der Waals surface area contributed by atoms with E-state index in [-0.39, 0.29) is 18.4 Å². The molecule has 0 aromatic heterocycles. The molecule has 0 atom stereocenters. The van der Waals surface area contributed by atoms with Gasteiger partial charge in [-0.1, -0.05) is 42.5 Å². The number of fused-ring (bicyclic) bond motifs is 1. The summed E-state index contributed by atoms with van der Waals surface area (Å²) in [6.45, 7) is 1.78. The van der Waals surface area contributed by atoms with Gasteiger partial charge in [-0.15, -0.1) is 0 Å². The Bertz CT molecular complexity index is 1000. The number of rotatable bonds is 5. The largest absolute Gasteiger partial charge is 0.376 e. The van der Waals surface area contributed by atoms with Gasteiger partial charge in [-0.3, -0.25) is 9.59 Å². The first-order valence-electron chi connectivity index (χ1n) is 9.61. The summed E-state index contributed by atoms with van der Waals surface area (Å²) in [5.41, 5.74) is 2.21. The van der Waals surface area contributed by atoms with Gasteiger partial charge in [0.05, 0.1) is 6.54 Å². The van der Waals surface area contributed by atoms with Crippen molar-refractivity contribution in [3.63, 3.8) is 0 Å². The molecule has 0 unspecified atom stereocenters. The number of likely N-dealkylation sites (tertiary alicyclic amines) is 1. The number of carbonyl (C=O) groups is 2. The second-order valence-electron chi connectivity index (χ2n) is 7.01. The van der Waals surface area contributed by atoms with Crippen molar-refractivity contribution in [2.24, 2.45) is 0 Å². The van der Waals surface area contributed by atoms with Crippen LogP contribution in [0.2, 0.25) is 0 Å². The minimum absolute atomic E-state index is 0.0568. The molecule has 2 N–H and O–H groups in total. The molecule has 0 radical (unpaired) electrons. The van der Waals surface area contributed by atoms with Crippen LogP contribution >= 0.6 is 0 Å². The highest BCUT2D eigenvalue weighted by Crippen LogP contribution is 2.23. The summed E-state index contributed by atoms with van der Waals surface area (Å²) in [5.74, 6) is -0.0750. The fourth-order valence-corrected chi connectivity index (χ4v) is 3.58. The molecule has 1 aliphatic heterocycles. The van der Waals surface area contributed by atoms with Crippen molar-refractivity contribution < 1.29 is 9.59 Å². The maximum absolute atomic E-state index is 12.5.